The summed E-state index contributed by atoms with van der Waals surface area (Å²) in [4.78, 5) is 12.8. The number of thiophene rings is 1. The summed E-state index contributed by atoms with van der Waals surface area (Å²) in [5.74, 6) is 1.23. The van der Waals surface area contributed by atoms with Crippen LogP contribution >= 0.6 is 27.3 Å². The summed E-state index contributed by atoms with van der Waals surface area (Å²) in [5.41, 5.74) is 2.20. The van der Waals surface area contributed by atoms with Crippen molar-refractivity contribution in [2.45, 2.75) is 58.8 Å². The molecule has 0 radical (unpaired) electrons. The minimum Gasteiger partial charge on any atom is -0.294 e. The quantitative estimate of drug-likeness (QED) is 0.592. The summed E-state index contributed by atoms with van der Waals surface area (Å²) in [6.07, 6.45) is 8.81. The molecule has 5 rings (SSSR count). The van der Waals surface area contributed by atoms with Gasteiger partial charge in [0.25, 0.3) is 0 Å². The van der Waals surface area contributed by atoms with Gasteiger partial charge < -0.3 is 0 Å². The van der Waals surface area contributed by atoms with Crippen molar-refractivity contribution in [3.05, 3.63) is 20.8 Å². The van der Waals surface area contributed by atoms with E-state index in [1.807, 2.05) is 10.8 Å². The van der Waals surface area contributed by atoms with Gasteiger partial charge in [0, 0.05) is 27.2 Å². The van der Waals surface area contributed by atoms with Gasteiger partial charge >= 0.3 is 0 Å². The fourth-order valence-electron chi connectivity index (χ4n) is 6.80. The molecule has 4 aliphatic carbocycles. The van der Waals surface area contributed by atoms with Crippen molar-refractivity contribution in [1.29, 1.82) is 0 Å². The van der Waals surface area contributed by atoms with Gasteiger partial charge in [0.2, 0.25) is 0 Å². The Morgan fingerprint density at radius 2 is 1.86 bits per heavy atom. The first-order valence-electron chi connectivity index (χ1n) is 8.06. The molecule has 4 saturated carbocycles. The van der Waals surface area contributed by atoms with Gasteiger partial charge in [-0.2, -0.15) is 11.3 Å². The molecule has 0 spiro atoms. The summed E-state index contributed by atoms with van der Waals surface area (Å²) >= 11 is 5.15. The second-order valence-corrected chi connectivity index (χ2v) is 10.5. The molecule has 21 heavy (non-hydrogen) atoms. The smallest absolute Gasteiger partial charge is 0.165 e. The van der Waals surface area contributed by atoms with E-state index in [-0.39, 0.29) is 0 Å². The standard InChI is InChI=1S/C18H23BrOS/c1-16-3-12-4-17(2,9-16)11-18(5-12,10-16)6-15(20)13-7-21-8-14(13)19/h7-8,12H,3-6,9-11H2,1-2H3. The van der Waals surface area contributed by atoms with Crippen molar-refractivity contribution in [2.75, 3.05) is 0 Å². The number of halogens is 1. The van der Waals surface area contributed by atoms with Crippen LogP contribution in [0.5, 0.6) is 0 Å². The molecule has 2 atom stereocenters. The molecule has 1 heterocycles. The maximum atomic E-state index is 12.8. The van der Waals surface area contributed by atoms with Crippen LogP contribution in [0.2, 0.25) is 0 Å². The minimum absolute atomic E-state index is 0.293. The molecule has 4 bridgehead atoms. The first-order chi connectivity index (χ1) is 9.81. The van der Waals surface area contributed by atoms with Crippen LogP contribution in [0.15, 0.2) is 15.2 Å². The molecule has 0 aliphatic heterocycles. The third-order valence-corrected chi connectivity index (χ3v) is 7.90. The molecule has 0 saturated heterocycles. The van der Waals surface area contributed by atoms with E-state index in [4.69, 9.17) is 0 Å². The molecule has 1 aromatic heterocycles. The van der Waals surface area contributed by atoms with Gasteiger partial charge in [-0.05, 0) is 76.6 Å². The molecule has 0 N–H and O–H groups in total. The van der Waals surface area contributed by atoms with E-state index in [1.54, 1.807) is 11.3 Å². The van der Waals surface area contributed by atoms with Gasteiger partial charge in [-0.25, -0.2) is 0 Å². The second-order valence-electron chi connectivity index (χ2n) is 8.86. The van der Waals surface area contributed by atoms with Gasteiger partial charge in [0.1, 0.15) is 0 Å². The van der Waals surface area contributed by atoms with E-state index >= 15 is 0 Å². The number of ketones is 1. The Bertz CT molecular complexity index is 586. The second kappa shape index (κ2) is 4.44. The molecule has 4 fully saturated rings. The van der Waals surface area contributed by atoms with Crippen LogP contribution in [0.25, 0.3) is 0 Å². The number of hydrogen-bond donors (Lipinski definition) is 0. The van der Waals surface area contributed by atoms with Crippen molar-refractivity contribution >= 4 is 33.0 Å². The van der Waals surface area contributed by atoms with Crippen LogP contribution in [-0.4, -0.2) is 5.78 Å². The third-order valence-electron chi connectivity index (χ3n) is 6.19. The van der Waals surface area contributed by atoms with Gasteiger partial charge in [-0.15, -0.1) is 0 Å². The number of carbonyl (C=O) groups excluding carboxylic acids is 1. The highest BCUT2D eigenvalue weighted by atomic mass is 79.9. The molecule has 1 aromatic rings. The van der Waals surface area contributed by atoms with Crippen LogP contribution < -0.4 is 0 Å². The number of hydrogen-bond acceptors (Lipinski definition) is 2. The minimum atomic E-state index is 0.293. The molecule has 2 unspecified atom stereocenters. The van der Waals surface area contributed by atoms with Gasteiger partial charge in [0.05, 0.1) is 0 Å². The molecular formula is C18H23BrOS. The average Bonchev–Trinajstić information content (AvgIpc) is 2.69. The maximum absolute atomic E-state index is 12.8. The zero-order valence-corrected chi connectivity index (χ0v) is 15.3. The normalized spacial score (nSPS) is 44.2. The lowest BCUT2D eigenvalue weighted by atomic mass is 9.39. The SMILES string of the molecule is CC12CC3CC(C)(C1)CC(CC(=O)c1cscc1Br)(C3)C2. The largest absolute Gasteiger partial charge is 0.294 e. The van der Waals surface area contributed by atoms with E-state index in [9.17, 15) is 4.79 Å². The Morgan fingerprint density at radius 1 is 1.19 bits per heavy atom. The van der Waals surface area contributed by atoms with Crippen LogP contribution in [0, 0.1) is 22.2 Å². The fourth-order valence-corrected chi connectivity index (χ4v) is 8.32. The van der Waals surface area contributed by atoms with Crippen LogP contribution in [0.3, 0.4) is 0 Å². The summed E-state index contributed by atoms with van der Waals surface area (Å²) in [7, 11) is 0. The lowest BCUT2D eigenvalue weighted by molar-refractivity contribution is -0.143. The summed E-state index contributed by atoms with van der Waals surface area (Å²) in [6.45, 7) is 4.96. The molecule has 114 valence electrons. The lowest BCUT2D eigenvalue weighted by Gasteiger charge is -2.65. The van der Waals surface area contributed by atoms with E-state index in [0.717, 1.165) is 22.4 Å². The first kappa shape index (κ1) is 14.4. The van der Waals surface area contributed by atoms with E-state index in [1.165, 1.54) is 38.5 Å². The highest BCUT2D eigenvalue weighted by Gasteiger charge is 2.60. The lowest BCUT2D eigenvalue weighted by Crippen LogP contribution is -2.55. The van der Waals surface area contributed by atoms with Crippen LogP contribution in [0.4, 0.5) is 0 Å². The molecule has 1 nitrogen and oxygen atoms in total. The maximum Gasteiger partial charge on any atom is 0.165 e. The Balaban J connectivity index is 1.63. The molecule has 0 aromatic carbocycles. The van der Waals surface area contributed by atoms with Gasteiger partial charge in [0.15, 0.2) is 5.78 Å². The van der Waals surface area contributed by atoms with Crippen molar-refractivity contribution in [2.24, 2.45) is 22.2 Å². The monoisotopic (exact) mass is 366 g/mol. The summed E-state index contributed by atoms with van der Waals surface area (Å²) < 4.78 is 0.986. The van der Waals surface area contributed by atoms with E-state index < -0.39 is 0 Å². The number of Topliss-reactive ketones (excluding diaryl/α,β-unsaturated/α-hetero) is 1. The van der Waals surface area contributed by atoms with Crippen LogP contribution in [0.1, 0.15) is 69.2 Å². The van der Waals surface area contributed by atoms with Crippen molar-refractivity contribution in [1.82, 2.24) is 0 Å². The Kier molecular flexibility index (Phi) is 3.05. The average molecular weight is 367 g/mol. The zero-order chi connectivity index (χ0) is 14.9. The highest BCUT2D eigenvalue weighted by molar-refractivity contribution is 9.10. The number of rotatable bonds is 3. The van der Waals surface area contributed by atoms with Crippen LogP contribution in [-0.2, 0) is 0 Å². The highest BCUT2D eigenvalue weighted by Crippen LogP contribution is 2.70. The zero-order valence-electron chi connectivity index (χ0n) is 12.9. The third kappa shape index (κ3) is 2.35. The molecule has 4 aliphatic rings. The Hall–Kier alpha value is -0.150. The van der Waals surface area contributed by atoms with Gasteiger partial charge in [-0.1, -0.05) is 13.8 Å². The van der Waals surface area contributed by atoms with E-state index in [2.05, 4.69) is 29.8 Å². The summed E-state index contributed by atoms with van der Waals surface area (Å²) in [5, 5.41) is 4.03. The number of carbonyl (C=O) groups is 1. The van der Waals surface area contributed by atoms with Gasteiger partial charge in [-0.3, -0.25) is 4.79 Å². The predicted octanol–water partition coefficient (Wildman–Crippen LogP) is 6.08. The van der Waals surface area contributed by atoms with E-state index in [0.29, 0.717) is 22.0 Å². The predicted molar refractivity (Wildman–Crippen MR) is 90.8 cm³/mol. The fraction of sp³-hybridized carbons (Fsp3) is 0.722. The molecular weight excluding hydrogens is 344 g/mol. The first-order valence-corrected chi connectivity index (χ1v) is 9.79. The topological polar surface area (TPSA) is 17.1 Å². The summed E-state index contributed by atoms with van der Waals surface area (Å²) in [6, 6.07) is 0. The molecule has 3 heteroatoms. The van der Waals surface area contributed by atoms with Crippen molar-refractivity contribution in [3.8, 4) is 0 Å². The van der Waals surface area contributed by atoms with Crippen molar-refractivity contribution in [3.63, 3.8) is 0 Å². The molecule has 0 amide bonds. The Labute approximate surface area is 139 Å². The Morgan fingerprint density at radius 3 is 2.38 bits per heavy atom. The van der Waals surface area contributed by atoms with Crippen molar-refractivity contribution < 1.29 is 4.79 Å².